The molecule has 0 saturated carbocycles. The Morgan fingerprint density at radius 2 is 1.75 bits per heavy atom. The molecule has 0 saturated heterocycles. The Bertz CT molecular complexity index is 1590. The summed E-state index contributed by atoms with van der Waals surface area (Å²) in [6.07, 6.45) is 2.54. The third-order valence-corrected chi connectivity index (χ3v) is 7.14. The first kappa shape index (κ1) is 29.0. The largest absolute Gasteiger partial charge is 0.493 e. The molecule has 4 rings (SSSR count). The van der Waals surface area contributed by atoms with E-state index in [0.717, 1.165) is 12.0 Å². The molecule has 0 spiro atoms. The molecule has 1 aliphatic rings. The predicted molar refractivity (Wildman–Crippen MR) is 151 cm³/mol. The summed E-state index contributed by atoms with van der Waals surface area (Å²) >= 11 is 1.23. The number of rotatable bonds is 11. The van der Waals surface area contributed by atoms with Gasteiger partial charge >= 0.3 is 11.9 Å². The maximum atomic E-state index is 13.9. The van der Waals surface area contributed by atoms with Crippen molar-refractivity contribution in [2.24, 2.45) is 4.99 Å². The van der Waals surface area contributed by atoms with Gasteiger partial charge < -0.3 is 18.9 Å². The van der Waals surface area contributed by atoms with Gasteiger partial charge in [-0.3, -0.25) is 9.36 Å². The molecule has 1 atom stereocenters. The fraction of sp³-hybridized carbons (Fsp3) is 0.333. The second-order valence-electron chi connectivity index (χ2n) is 8.94. The van der Waals surface area contributed by atoms with E-state index in [-0.39, 0.29) is 31.0 Å². The van der Waals surface area contributed by atoms with Crippen LogP contribution < -0.4 is 19.6 Å². The normalized spacial score (nSPS) is 14.9. The Hall–Kier alpha value is -4.02. The first-order valence-corrected chi connectivity index (χ1v) is 13.9. The van der Waals surface area contributed by atoms with E-state index >= 15 is 0 Å². The lowest BCUT2D eigenvalue weighted by atomic mass is 9.95. The molecule has 40 heavy (non-hydrogen) atoms. The highest BCUT2D eigenvalue weighted by Gasteiger charge is 2.35. The smallest absolute Gasteiger partial charge is 0.338 e. The van der Waals surface area contributed by atoms with Crippen LogP contribution in [-0.4, -0.2) is 50.0 Å². The molecule has 0 N–H and O–H groups in total. The molecule has 0 amide bonds. The number of benzene rings is 2. The lowest BCUT2D eigenvalue weighted by Gasteiger charge is -2.26. The SMILES string of the molecule is CCCOc1ccccc1[C@H]1C(C(=O)OCCOC)=C(C)N=c2s/c(=C/c3ccc(C(=O)OCC)cc3)c(=O)n21. The number of nitrogens with zero attached hydrogens (tertiary/aromatic N) is 2. The number of ether oxygens (including phenoxy) is 4. The summed E-state index contributed by atoms with van der Waals surface area (Å²) in [7, 11) is 1.53. The lowest BCUT2D eigenvalue weighted by Crippen LogP contribution is -2.40. The van der Waals surface area contributed by atoms with E-state index in [9.17, 15) is 14.4 Å². The number of thiazole rings is 1. The van der Waals surface area contributed by atoms with Gasteiger partial charge in [-0.05, 0) is 50.1 Å². The maximum absolute atomic E-state index is 13.9. The van der Waals surface area contributed by atoms with Crippen molar-refractivity contribution in [3.63, 3.8) is 0 Å². The van der Waals surface area contributed by atoms with Gasteiger partial charge in [-0.2, -0.15) is 0 Å². The number of esters is 2. The second kappa shape index (κ2) is 13.4. The topological polar surface area (TPSA) is 105 Å². The van der Waals surface area contributed by atoms with Gasteiger partial charge in [0.1, 0.15) is 18.4 Å². The first-order valence-electron chi connectivity index (χ1n) is 13.1. The Morgan fingerprint density at radius 1 is 1.00 bits per heavy atom. The molecule has 3 aromatic rings. The average Bonchev–Trinajstić information content (AvgIpc) is 3.25. The summed E-state index contributed by atoms with van der Waals surface area (Å²) in [6.45, 7) is 6.58. The summed E-state index contributed by atoms with van der Waals surface area (Å²) in [5, 5.41) is 0. The molecule has 10 heteroatoms. The van der Waals surface area contributed by atoms with E-state index in [1.807, 2.05) is 31.2 Å². The zero-order valence-electron chi connectivity index (χ0n) is 23.0. The van der Waals surface area contributed by atoms with Crippen molar-refractivity contribution in [2.45, 2.75) is 33.2 Å². The van der Waals surface area contributed by atoms with E-state index in [1.54, 1.807) is 44.2 Å². The van der Waals surface area contributed by atoms with Crippen LogP contribution in [0.2, 0.25) is 0 Å². The molecule has 210 valence electrons. The lowest BCUT2D eigenvalue weighted by molar-refractivity contribution is -0.140. The third-order valence-electron chi connectivity index (χ3n) is 6.16. The number of para-hydroxylation sites is 1. The molecule has 0 aliphatic carbocycles. The molecule has 2 heterocycles. The van der Waals surface area contributed by atoms with Crippen LogP contribution in [0.25, 0.3) is 6.08 Å². The number of methoxy groups -OCH3 is 1. The highest BCUT2D eigenvalue weighted by molar-refractivity contribution is 7.07. The second-order valence-corrected chi connectivity index (χ2v) is 9.95. The van der Waals surface area contributed by atoms with Crippen molar-refractivity contribution in [2.75, 3.05) is 33.5 Å². The summed E-state index contributed by atoms with van der Waals surface area (Å²) in [5.41, 5.74) is 2.25. The number of carbonyl (C=O) groups excluding carboxylic acids is 2. The van der Waals surface area contributed by atoms with Crippen LogP contribution in [0.5, 0.6) is 5.75 Å². The highest BCUT2D eigenvalue weighted by atomic mass is 32.1. The minimum absolute atomic E-state index is 0.0685. The zero-order valence-corrected chi connectivity index (χ0v) is 23.8. The average molecular weight is 565 g/mol. The van der Waals surface area contributed by atoms with Crippen LogP contribution in [-0.2, 0) is 19.0 Å². The number of hydrogen-bond donors (Lipinski definition) is 0. The van der Waals surface area contributed by atoms with Gasteiger partial charge in [0.25, 0.3) is 5.56 Å². The highest BCUT2D eigenvalue weighted by Crippen LogP contribution is 2.35. The van der Waals surface area contributed by atoms with Crippen LogP contribution in [0.4, 0.5) is 0 Å². The van der Waals surface area contributed by atoms with Crippen LogP contribution in [0.3, 0.4) is 0 Å². The Kier molecular flexibility index (Phi) is 9.68. The summed E-state index contributed by atoms with van der Waals surface area (Å²) < 4.78 is 23.5. The van der Waals surface area contributed by atoms with E-state index in [1.165, 1.54) is 23.0 Å². The Balaban J connectivity index is 1.84. The number of carbonyl (C=O) groups is 2. The molecule has 0 bridgehead atoms. The first-order chi connectivity index (χ1) is 19.4. The van der Waals surface area contributed by atoms with Gasteiger partial charge in [0.05, 0.1) is 41.2 Å². The minimum Gasteiger partial charge on any atom is -0.493 e. The van der Waals surface area contributed by atoms with Gasteiger partial charge in [-0.15, -0.1) is 0 Å². The molecular formula is C30H32N2O7S. The molecule has 1 aliphatic heterocycles. The van der Waals surface area contributed by atoms with Gasteiger partial charge in [-0.25, -0.2) is 14.6 Å². The van der Waals surface area contributed by atoms with E-state index in [0.29, 0.717) is 38.5 Å². The van der Waals surface area contributed by atoms with Crippen molar-refractivity contribution in [3.05, 3.63) is 96.2 Å². The molecule has 0 unspecified atom stereocenters. The third kappa shape index (κ3) is 6.24. The monoisotopic (exact) mass is 564 g/mol. The fourth-order valence-corrected chi connectivity index (χ4v) is 5.35. The van der Waals surface area contributed by atoms with E-state index < -0.39 is 18.0 Å². The number of hydrogen-bond acceptors (Lipinski definition) is 9. The van der Waals surface area contributed by atoms with Gasteiger partial charge in [0.2, 0.25) is 0 Å². The Morgan fingerprint density at radius 3 is 2.45 bits per heavy atom. The molecule has 2 aromatic carbocycles. The molecular weight excluding hydrogens is 532 g/mol. The summed E-state index contributed by atoms with van der Waals surface area (Å²) in [5.74, 6) is -0.398. The van der Waals surface area contributed by atoms with Crippen molar-refractivity contribution in [1.82, 2.24) is 4.57 Å². The maximum Gasteiger partial charge on any atom is 0.338 e. The van der Waals surface area contributed by atoms with Crippen molar-refractivity contribution < 1.29 is 28.5 Å². The predicted octanol–water partition coefficient (Wildman–Crippen LogP) is 3.39. The fourth-order valence-electron chi connectivity index (χ4n) is 4.30. The van der Waals surface area contributed by atoms with Crippen LogP contribution in [0, 0.1) is 0 Å². The van der Waals surface area contributed by atoms with E-state index in [2.05, 4.69) is 4.99 Å². The molecule has 9 nitrogen and oxygen atoms in total. The van der Waals surface area contributed by atoms with Gasteiger partial charge in [0.15, 0.2) is 4.80 Å². The van der Waals surface area contributed by atoms with Crippen molar-refractivity contribution in [1.29, 1.82) is 0 Å². The molecule has 1 aromatic heterocycles. The van der Waals surface area contributed by atoms with Crippen LogP contribution >= 0.6 is 11.3 Å². The van der Waals surface area contributed by atoms with Crippen LogP contribution in [0.1, 0.15) is 54.7 Å². The summed E-state index contributed by atoms with van der Waals surface area (Å²) in [6, 6.07) is 13.4. The van der Waals surface area contributed by atoms with Gasteiger partial charge in [-0.1, -0.05) is 48.6 Å². The number of fused-ring (bicyclic) bond motifs is 1. The zero-order chi connectivity index (χ0) is 28.6. The Labute approximate surface area is 236 Å². The summed E-state index contributed by atoms with van der Waals surface area (Å²) in [4.78, 5) is 44.3. The van der Waals surface area contributed by atoms with Crippen molar-refractivity contribution in [3.8, 4) is 5.75 Å². The minimum atomic E-state index is -0.798. The van der Waals surface area contributed by atoms with Crippen molar-refractivity contribution >= 4 is 29.4 Å². The standard InChI is InChI=1S/C30H32N2O7S/c1-5-15-38-23-10-8-7-9-22(23)26-25(29(35)39-17-16-36-4)19(3)31-30-32(26)27(33)24(40-30)18-20-11-13-21(14-12-20)28(34)37-6-2/h7-14,18,26H,5-6,15-17H2,1-4H3/b24-18+/t26-/m0/s1. The van der Waals surface area contributed by atoms with E-state index in [4.69, 9.17) is 18.9 Å². The quantitative estimate of drug-likeness (QED) is 0.260. The van der Waals surface area contributed by atoms with Crippen LogP contribution in [0.15, 0.2) is 69.6 Å². The number of allylic oxidation sites excluding steroid dienone is 1. The molecule has 0 fully saturated rings. The number of aromatic nitrogens is 1. The molecule has 0 radical (unpaired) electrons. The van der Waals surface area contributed by atoms with Gasteiger partial charge in [0, 0.05) is 12.7 Å².